The van der Waals surface area contributed by atoms with Crippen LogP contribution in [0.15, 0.2) is 12.2 Å². The van der Waals surface area contributed by atoms with E-state index >= 15 is 0 Å². The summed E-state index contributed by atoms with van der Waals surface area (Å²) < 4.78 is 6.03. The fourth-order valence-electron chi connectivity index (χ4n) is 7.11. The Balaban J connectivity index is 1.78. The molecule has 2 fully saturated rings. The zero-order valence-electron chi connectivity index (χ0n) is 17.2. The molecule has 0 N–H and O–H groups in total. The Morgan fingerprint density at radius 3 is 2.56 bits per heavy atom. The molecule has 140 valence electrons. The summed E-state index contributed by atoms with van der Waals surface area (Å²) in [6.45, 7) is 15.0. The van der Waals surface area contributed by atoms with E-state index in [1.807, 2.05) is 0 Å². The van der Waals surface area contributed by atoms with E-state index in [0.29, 0.717) is 11.3 Å². The van der Waals surface area contributed by atoms with Crippen molar-refractivity contribution in [3.63, 3.8) is 0 Å². The number of unbranched alkanes of at least 4 members (excludes halogenated alkanes) is 1. The quantitative estimate of drug-likeness (QED) is 0.316. The molecule has 3 rings (SSSR count). The summed E-state index contributed by atoms with van der Waals surface area (Å²) in [6.07, 6.45) is 12.9. The molecule has 3 aliphatic carbocycles. The van der Waals surface area contributed by atoms with Crippen molar-refractivity contribution in [2.24, 2.45) is 27.6 Å². The van der Waals surface area contributed by atoms with Crippen LogP contribution >= 0.6 is 0 Å². The summed E-state index contributed by atoms with van der Waals surface area (Å²) in [7, 11) is -1.42. The smallest absolute Gasteiger partial charge is 0.183 e. The van der Waals surface area contributed by atoms with Gasteiger partial charge in [-0.3, -0.25) is 0 Å². The zero-order chi connectivity index (χ0) is 18.6. The molecular weight excluding hydrogens is 322 g/mol. The monoisotopic (exact) mass is 359 g/mol. The molecule has 2 nitrogen and oxygen atoms in total. The van der Waals surface area contributed by atoms with Crippen molar-refractivity contribution in [2.75, 3.05) is 6.61 Å². The van der Waals surface area contributed by atoms with Gasteiger partial charge in [-0.1, -0.05) is 32.9 Å². The second kappa shape index (κ2) is 5.96. The number of rotatable bonds is 6. The van der Waals surface area contributed by atoms with Gasteiger partial charge in [-0.05, 0) is 81.3 Å². The maximum absolute atomic E-state index is 10.4. The molecule has 3 heteroatoms. The van der Waals surface area contributed by atoms with Gasteiger partial charge in [0.1, 0.15) is 0 Å². The molecule has 0 aromatic heterocycles. The van der Waals surface area contributed by atoms with Crippen LogP contribution in [-0.2, 0) is 4.43 Å². The minimum Gasteiger partial charge on any atom is -0.418 e. The van der Waals surface area contributed by atoms with Gasteiger partial charge in [0.15, 0.2) is 8.32 Å². The fourth-order valence-corrected chi connectivity index (χ4v) is 7.86. The molecule has 0 unspecified atom stereocenters. The summed E-state index contributed by atoms with van der Waals surface area (Å²) >= 11 is 0. The van der Waals surface area contributed by atoms with E-state index in [4.69, 9.17) is 4.43 Å². The van der Waals surface area contributed by atoms with Crippen LogP contribution in [0.1, 0.15) is 65.7 Å². The molecule has 0 amide bonds. The Labute approximate surface area is 156 Å². The number of allylic oxidation sites excluding steroid dienone is 2. The second-order valence-corrected chi connectivity index (χ2v) is 15.4. The van der Waals surface area contributed by atoms with Crippen molar-refractivity contribution in [1.82, 2.24) is 0 Å². The number of hydrogen-bond donors (Lipinski definition) is 0. The van der Waals surface area contributed by atoms with Crippen molar-refractivity contribution < 1.29 is 4.43 Å². The molecule has 4 atom stereocenters. The normalized spacial score (nSPS) is 41.6. The summed E-state index contributed by atoms with van der Waals surface area (Å²) in [5, 5.41) is 10.4. The Morgan fingerprint density at radius 1 is 1.20 bits per heavy atom. The van der Waals surface area contributed by atoms with Gasteiger partial charge < -0.3 is 4.43 Å². The molecule has 25 heavy (non-hydrogen) atoms. The summed E-state index contributed by atoms with van der Waals surface area (Å²) in [5.74, 6) is 0.668. The highest BCUT2D eigenvalue weighted by Crippen LogP contribution is 2.79. The van der Waals surface area contributed by atoms with Crippen LogP contribution in [0.2, 0.25) is 19.6 Å². The van der Waals surface area contributed by atoms with E-state index in [1.165, 1.54) is 12.8 Å². The standard InChI is InChI=1S/C22H37NOSi/c1-19(2)16-20(3)11-9-13-22(20)18(19)10-14-21(22,17-23)12-7-8-15-24-25(4,5)6/h9,13,18H,7-8,10-12,14-16H2,1-6H3/t18-,20-,21+,22-/m1/s1. The molecule has 0 radical (unpaired) electrons. The van der Waals surface area contributed by atoms with Crippen molar-refractivity contribution >= 4 is 8.32 Å². The minimum atomic E-state index is -1.42. The molecule has 1 spiro atoms. The molecule has 0 aliphatic heterocycles. The predicted molar refractivity (Wildman–Crippen MR) is 107 cm³/mol. The van der Waals surface area contributed by atoms with E-state index in [2.05, 4.69) is 58.6 Å². The lowest BCUT2D eigenvalue weighted by molar-refractivity contribution is 0.0338. The topological polar surface area (TPSA) is 33.0 Å². The highest BCUT2D eigenvalue weighted by atomic mass is 28.4. The van der Waals surface area contributed by atoms with Gasteiger partial charge in [0.2, 0.25) is 0 Å². The Hall–Kier alpha value is -0.593. The van der Waals surface area contributed by atoms with Gasteiger partial charge in [-0.15, -0.1) is 0 Å². The van der Waals surface area contributed by atoms with Crippen LogP contribution in [0.4, 0.5) is 0 Å². The first-order valence-electron chi connectivity index (χ1n) is 10.3. The van der Waals surface area contributed by atoms with Crippen molar-refractivity contribution in [3.8, 4) is 6.07 Å². The lowest BCUT2D eigenvalue weighted by Gasteiger charge is -2.48. The minimum absolute atomic E-state index is 0.109. The molecule has 0 heterocycles. The molecule has 2 saturated carbocycles. The predicted octanol–water partition coefficient (Wildman–Crippen LogP) is 6.31. The lowest BCUT2D eigenvalue weighted by Crippen LogP contribution is -2.45. The fraction of sp³-hybridized carbons (Fsp3) is 0.864. The van der Waals surface area contributed by atoms with Crippen LogP contribution in [-0.4, -0.2) is 14.9 Å². The van der Waals surface area contributed by atoms with Gasteiger partial charge >= 0.3 is 0 Å². The number of nitriles is 1. The summed E-state index contributed by atoms with van der Waals surface area (Å²) in [6, 6.07) is 2.90. The van der Waals surface area contributed by atoms with Crippen LogP contribution in [0.3, 0.4) is 0 Å². The van der Waals surface area contributed by atoms with E-state index in [0.717, 1.165) is 38.7 Å². The molecule has 0 aromatic carbocycles. The second-order valence-electron chi connectivity index (χ2n) is 10.9. The summed E-state index contributed by atoms with van der Waals surface area (Å²) in [5.41, 5.74) is 0.589. The Bertz CT molecular complexity index is 598. The van der Waals surface area contributed by atoms with Crippen molar-refractivity contribution in [2.45, 2.75) is 85.4 Å². The molecular formula is C22H37NOSi. The largest absolute Gasteiger partial charge is 0.418 e. The Morgan fingerprint density at radius 2 is 1.92 bits per heavy atom. The average molecular weight is 360 g/mol. The van der Waals surface area contributed by atoms with Crippen molar-refractivity contribution in [1.29, 1.82) is 5.26 Å². The van der Waals surface area contributed by atoms with E-state index in [1.54, 1.807) is 0 Å². The lowest BCUT2D eigenvalue weighted by atomic mass is 9.53. The first-order valence-corrected chi connectivity index (χ1v) is 13.7. The Kier molecular flexibility index (Phi) is 4.57. The SMILES string of the molecule is CC1(C)C[C@@]2(C)CC=C[C@@]23[C@@H]1CC[C@]3(C#N)CCCCO[Si](C)(C)C. The first kappa shape index (κ1) is 19.2. The first-order chi connectivity index (χ1) is 11.5. The van der Waals surface area contributed by atoms with Crippen LogP contribution in [0, 0.1) is 38.9 Å². The van der Waals surface area contributed by atoms with E-state index in [9.17, 15) is 5.26 Å². The van der Waals surface area contributed by atoms with Gasteiger partial charge in [0.05, 0.1) is 11.5 Å². The molecule has 0 saturated heterocycles. The van der Waals surface area contributed by atoms with E-state index < -0.39 is 8.32 Å². The third kappa shape index (κ3) is 2.75. The molecule has 0 bridgehead atoms. The average Bonchev–Trinajstić information content (AvgIpc) is 3.03. The maximum Gasteiger partial charge on any atom is 0.183 e. The van der Waals surface area contributed by atoms with Gasteiger partial charge in [0, 0.05) is 12.0 Å². The zero-order valence-corrected chi connectivity index (χ0v) is 18.2. The van der Waals surface area contributed by atoms with Gasteiger partial charge in [0.25, 0.3) is 0 Å². The van der Waals surface area contributed by atoms with Crippen LogP contribution in [0.25, 0.3) is 0 Å². The molecule has 3 aliphatic rings. The number of hydrogen-bond acceptors (Lipinski definition) is 2. The third-order valence-electron chi connectivity index (χ3n) is 7.69. The van der Waals surface area contributed by atoms with Crippen LogP contribution in [0.5, 0.6) is 0 Å². The highest BCUT2D eigenvalue weighted by molar-refractivity contribution is 6.69. The number of nitrogens with zero attached hydrogens (tertiary/aromatic N) is 1. The highest BCUT2D eigenvalue weighted by Gasteiger charge is 2.74. The summed E-state index contributed by atoms with van der Waals surface area (Å²) in [4.78, 5) is 0. The van der Waals surface area contributed by atoms with Crippen molar-refractivity contribution in [3.05, 3.63) is 12.2 Å². The molecule has 0 aromatic rings. The van der Waals surface area contributed by atoms with Crippen LogP contribution < -0.4 is 0 Å². The van der Waals surface area contributed by atoms with Gasteiger partial charge in [-0.25, -0.2) is 0 Å². The maximum atomic E-state index is 10.4. The van der Waals surface area contributed by atoms with E-state index in [-0.39, 0.29) is 16.2 Å². The van der Waals surface area contributed by atoms with Gasteiger partial charge in [-0.2, -0.15) is 5.26 Å². The third-order valence-corrected chi connectivity index (χ3v) is 8.76.